The first-order chi connectivity index (χ1) is 59.1. The molecule has 0 spiro atoms. The number of hydrogen-bond acceptors (Lipinski definition) is 20. The van der Waals surface area contributed by atoms with E-state index >= 15 is 19.2 Å². The molecule has 0 radical (unpaired) electrons. The average molecular weight is 1600 g/mol. The fourth-order valence-corrected chi connectivity index (χ4v) is 15.5. The number of carbonyl (C=O) groups is 5. The van der Waals surface area contributed by atoms with E-state index in [0.29, 0.717) is 55.6 Å². The van der Waals surface area contributed by atoms with Gasteiger partial charge in [0.15, 0.2) is 57.5 Å². The Morgan fingerprint density at radius 3 is 0.570 bits per heavy atom. The molecule has 21 nitrogen and oxygen atoms in total. The predicted molar refractivity (Wildman–Crippen MR) is 435 cm³/mol. The van der Waals surface area contributed by atoms with Gasteiger partial charge < -0.3 is 76.5 Å². The monoisotopic (exact) mass is 1600 g/mol. The van der Waals surface area contributed by atoms with Crippen molar-refractivity contribution in [2.24, 2.45) is 0 Å². The standard InChI is InChI=1S/C100H62O21/c101-76-51-62(57-81-86(76)117-96(112-81,66-31-11-1-12-32-66)67-33-13-2-14-34-67)92(104)109-78-54-64(59-83-88(78)119-98(114-83,70-39-19-5-20-40-70)71-41-21-6-22-42-71)94(106)111-80-56-65(60-85-90(80)121-100(116-85,74-47-27-9-28-48-74)75-49-29-10-30-50-75)95(107)110-79-55-63(58-84-89(79)120-99(115-84,72-43-23-7-24-44-72)73-45-25-8-26-46-73)93(105)108-77-52-61(91(102)103)53-82-87(77)118-97(113-82,68-35-15-3-16-36-68)69-37-17-4-18-38-69/h1-60,101H,(H,102,103). The number of carboxylic acid groups (broad SMARTS) is 1. The van der Waals surface area contributed by atoms with Crippen molar-refractivity contribution in [1.29, 1.82) is 0 Å². The van der Waals surface area contributed by atoms with Gasteiger partial charge in [-0.1, -0.05) is 303 Å². The van der Waals surface area contributed by atoms with E-state index in [1.807, 2.05) is 109 Å². The van der Waals surface area contributed by atoms with Crippen LogP contribution < -0.4 is 66.3 Å². The van der Waals surface area contributed by atoms with Crippen LogP contribution >= 0.6 is 0 Å². The fourth-order valence-electron chi connectivity index (χ4n) is 15.5. The number of phenolic OH excluding ortho intramolecular Hbond substituents is 1. The highest BCUT2D eigenvalue weighted by molar-refractivity contribution is 5.99. The molecule has 588 valence electrons. The van der Waals surface area contributed by atoms with Gasteiger partial charge in [-0.2, -0.15) is 0 Å². The summed E-state index contributed by atoms with van der Waals surface area (Å²) in [6.07, 6.45) is 0. The maximum absolute atomic E-state index is 15.9. The molecule has 0 saturated heterocycles. The molecule has 0 saturated carbocycles. The zero-order valence-corrected chi connectivity index (χ0v) is 63.3. The largest absolute Gasteiger partial charge is 0.504 e. The topological polar surface area (TPSA) is 255 Å². The van der Waals surface area contributed by atoms with Crippen LogP contribution in [-0.4, -0.2) is 40.1 Å². The van der Waals surface area contributed by atoms with Gasteiger partial charge in [0.05, 0.1) is 27.8 Å². The number of benzene rings is 15. The Kier molecular flexibility index (Phi) is 17.8. The van der Waals surface area contributed by atoms with Crippen LogP contribution in [0.3, 0.4) is 0 Å². The van der Waals surface area contributed by atoms with Crippen molar-refractivity contribution in [3.63, 3.8) is 0 Å². The number of esters is 4. The van der Waals surface area contributed by atoms with Crippen molar-refractivity contribution in [3.05, 3.63) is 447 Å². The van der Waals surface area contributed by atoms with Gasteiger partial charge in [0.2, 0.25) is 28.7 Å². The summed E-state index contributed by atoms with van der Waals surface area (Å²) >= 11 is 0. The molecule has 0 atom stereocenters. The predicted octanol–water partition coefficient (Wildman–Crippen LogP) is 19.3. The number of aromatic carboxylic acids is 1. The molecule has 15 aromatic rings. The molecule has 0 unspecified atom stereocenters. The maximum Gasteiger partial charge on any atom is 0.343 e. The molecule has 21 heteroatoms. The number of fused-ring (bicyclic) bond motifs is 5. The molecular weight excluding hydrogens is 1540 g/mol. The summed E-state index contributed by atoms with van der Waals surface area (Å²) in [7, 11) is 0. The van der Waals surface area contributed by atoms with E-state index < -0.39 is 76.0 Å². The third-order valence-corrected chi connectivity index (χ3v) is 21.2. The van der Waals surface area contributed by atoms with Crippen LogP contribution in [0.4, 0.5) is 0 Å². The third-order valence-electron chi connectivity index (χ3n) is 21.2. The molecule has 0 aromatic heterocycles. The van der Waals surface area contributed by atoms with Crippen LogP contribution in [0.2, 0.25) is 0 Å². The van der Waals surface area contributed by atoms with Crippen molar-refractivity contribution in [3.8, 4) is 86.2 Å². The Morgan fingerprint density at radius 2 is 0.372 bits per heavy atom. The average Bonchev–Trinajstić information content (AvgIpc) is 1.61. The van der Waals surface area contributed by atoms with Crippen molar-refractivity contribution in [2.75, 3.05) is 0 Å². The van der Waals surface area contributed by atoms with Gasteiger partial charge in [-0.3, -0.25) is 0 Å². The second kappa shape index (κ2) is 29.3. The van der Waals surface area contributed by atoms with Crippen molar-refractivity contribution in [2.45, 2.75) is 28.9 Å². The quantitative estimate of drug-likeness (QED) is 0.0563. The molecule has 0 amide bonds. The first-order valence-corrected chi connectivity index (χ1v) is 38.3. The van der Waals surface area contributed by atoms with Gasteiger partial charge in [-0.05, 0) is 60.7 Å². The Labute approximate surface area is 689 Å². The van der Waals surface area contributed by atoms with Crippen LogP contribution in [0.1, 0.15) is 107 Å². The second-order valence-electron chi connectivity index (χ2n) is 28.7. The highest BCUT2D eigenvalue weighted by Gasteiger charge is 2.54. The minimum absolute atomic E-state index is 0.00259. The van der Waals surface area contributed by atoms with Crippen LogP contribution in [0.25, 0.3) is 0 Å². The van der Waals surface area contributed by atoms with E-state index in [9.17, 15) is 15.0 Å². The van der Waals surface area contributed by atoms with Crippen molar-refractivity contribution >= 4 is 29.8 Å². The molecular formula is C100H62O21. The number of ether oxygens (including phenoxy) is 14. The van der Waals surface area contributed by atoms with Gasteiger partial charge in [0.1, 0.15) is 0 Å². The Hall–Kier alpha value is -16.6. The van der Waals surface area contributed by atoms with E-state index in [1.165, 1.54) is 54.6 Å². The number of aromatic hydroxyl groups is 1. The summed E-state index contributed by atoms with van der Waals surface area (Å²) in [5.41, 5.74) is 3.71. The second-order valence-corrected chi connectivity index (χ2v) is 28.7. The minimum atomic E-state index is -1.83. The van der Waals surface area contributed by atoms with Gasteiger partial charge in [-0.25, -0.2) is 24.0 Å². The third kappa shape index (κ3) is 12.7. The molecule has 20 rings (SSSR count). The lowest BCUT2D eigenvalue weighted by Gasteiger charge is -2.28. The number of carbonyl (C=O) groups excluding carboxylic acids is 4. The molecule has 15 aromatic carbocycles. The summed E-state index contributed by atoms with van der Waals surface area (Å²) in [5, 5.41) is 22.4. The lowest BCUT2D eigenvalue weighted by atomic mass is 9.97. The smallest absolute Gasteiger partial charge is 0.343 e. The lowest BCUT2D eigenvalue weighted by Crippen LogP contribution is -2.36. The van der Waals surface area contributed by atoms with Gasteiger partial charge in [0, 0.05) is 55.6 Å². The molecule has 121 heavy (non-hydrogen) atoms. The first kappa shape index (κ1) is 73.3. The zero-order valence-electron chi connectivity index (χ0n) is 63.3. The molecule has 5 heterocycles. The zero-order chi connectivity index (χ0) is 82.0. The van der Waals surface area contributed by atoms with Crippen LogP contribution in [-0.2, 0) is 28.9 Å². The highest BCUT2D eigenvalue weighted by atomic mass is 16.8. The van der Waals surface area contributed by atoms with Gasteiger partial charge in [-0.15, -0.1) is 0 Å². The summed E-state index contributed by atoms with van der Waals surface area (Å²) in [5.74, 6) is -17.5. The molecule has 2 N–H and O–H groups in total. The van der Waals surface area contributed by atoms with Crippen molar-refractivity contribution < 1.29 is 101 Å². The summed E-state index contributed by atoms with van der Waals surface area (Å²) in [6, 6.07) is 102. The van der Waals surface area contributed by atoms with E-state index in [0.717, 1.165) is 6.07 Å². The Bertz CT molecular complexity index is 6390. The van der Waals surface area contributed by atoms with Crippen LogP contribution in [0.15, 0.2) is 364 Å². The summed E-state index contributed by atoms with van der Waals surface area (Å²) in [4.78, 5) is 75.2. The maximum atomic E-state index is 15.9. The molecule has 5 aliphatic heterocycles. The fraction of sp³-hybridized carbons (Fsp3) is 0.0500. The van der Waals surface area contributed by atoms with E-state index in [1.54, 1.807) is 194 Å². The molecule has 0 aliphatic carbocycles. The first-order valence-electron chi connectivity index (χ1n) is 38.3. The van der Waals surface area contributed by atoms with Gasteiger partial charge in [0.25, 0.3) is 0 Å². The minimum Gasteiger partial charge on any atom is -0.504 e. The normalized spacial score (nSPS) is 14.8. The van der Waals surface area contributed by atoms with E-state index in [4.69, 9.17) is 66.3 Å². The lowest BCUT2D eigenvalue weighted by molar-refractivity contribution is -0.0470. The SMILES string of the molecule is O=C(O)c1cc(OC(=O)c2cc(OC(=O)c3cc(OC(=O)c4cc(OC(=O)c5cc(O)c6c(c5)OC(c5ccccc5)(c5ccccc5)O6)c5c(c4)OC(c4ccccc4)(c4ccccc4)O5)c4c(c3)OC(c3ccccc3)(c3ccccc3)O4)c3c(c2)OC(c2ccccc2)(c2ccccc2)O3)c2c(c1)OC(c1ccccc1)(c1ccccc1)O2. The molecule has 5 aliphatic rings. The number of hydrogen-bond donors (Lipinski definition) is 2. The number of rotatable bonds is 19. The van der Waals surface area contributed by atoms with E-state index in [2.05, 4.69) is 0 Å². The van der Waals surface area contributed by atoms with Crippen molar-refractivity contribution in [1.82, 2.24) is 0 Å². The Morgan fingerprint density at radius 1 is 0.207 bits per heavy atom. The summed E-state index contributed by atoms with van der Waals surface area (Å²) < 4.78 is 94.3. The van der Waals surface area contributed by atoms with Gasteiger partial charge >= 0.3 is 58.8 Å². The number of phenols is 1. The molecule has 0 fully saturated rings. The number of carboxylic acids is 1. The van der Waals surface area contributed by atoms with E-state index in [-0.39, 0.29) is 96.8 Å². The van der Waals surface area contributed by atoms with Crippen LogP contribution in [0, 0.1) is 0 Å². The Balaban J connectivity index is 0.694. The van der Waals surface area contributed by atoms with Crippen LogP contribution in [0.5, 0.6) is 86.2 Å². The molecule has 0 bridgehead atoms. The summed E-state index contributed by atoms with van der Waals surface area (Å²) in [6.45, 7) is 0. The highest BCUT2D eigenvalue weighted by Crippen LogP contribution is 2.60.